The van der Waals surface area contributed by atoms with Gasteiger partial charge in [-0.2, -0.15) is 0 Å². The quantitative estimate of drug-likeness (QED) is 0.153. The summed E-state index contributed by atoms with van der Waals surface area (Å²) in [6, 6.07) is 84.7. The Morgan fingerprint density at radius 2 is 0.707 bits per heavy atom. The smallest absolute Gasteiger partial charge is 0.0732 e. The highest BCUT2D eigenvalue weighted by molar-refractivity contribution is 6.23. The van der Waals surface area contributed by atoms with E-state index in [0.717, 1.165) is 34.9 Å². The maximum absolute atomic E-state index is 2.66. The lowest BCUT2D eigenvalue weighted by molar-refractivity contribution is 0.590. The molecule has 3 aliphatic carbocycles. The summed E-state index contributed by atoms with van der Waals surface area (Å²) in [5.41, 5.74) is 27.7. The summed E-state index contributed by atoms with van der Waals surface area (Å²) < 4.78 is 0. The number of benzene rings is 11. The van der Waals surface area contributed by atoms with E-state index in [9.17, 15) is 0 Å². The fraction of sp³-hybridized carbons (Fsp3) is 0.225. The largest absolute Gasteiger partial charge is 0.310 e. The first-order valence-electron chi connectivity index (χ1n) is 29.7. The van der Waals surface area contributed by atoms with E-state index in [1.165, 1.54) is 116 Å². The van der Waals surface area contributed by atoms with Gasteiger partial charge in [0.05, 0.1) is 11.1 Å². The molecular formula is C80H74N2. The Kier molecular flexibility index (Phi) is 11.5. The minimum atomic E-state index is -0.675. The molecule has 11 aromatic rings. The average Bonchev–Trinajstić information content (AvgIpc) is 1.50. The number of hydrogen-bond donors (Lipinski definition) is 0. The van der Waals surface area contributed by atoms with Gasteiger partial charge in [-0.3, -0.25) is 0 Å². The topological polar surface area (TPSA) is 6.48 Å². The van der Waals surface area contributed by atoms with Gasteiger partial charge >= 0.3 is 0 Å². The molecule has 0 heterocycles. The van der Waals surface area contributed by atoms with Crippen molar-refractivity contribution in [1.82, 2.24) is 0 Å². The first-order chi connectivity index (χ1) is 39.2. The van der Waals surface area contributed by atoms with Crippen LogP contribution in [-0.2, 0) is 33.5 Å². The number of hydrogen-bond acceptors (Lipinski definition) is 2. The summed E-state index contributed by atoms with van der Waals surface area (Å²) in [5, 5.41) is 5.07. The monoisotopic (exact) mass is 1060 g/mol. The van der Waals surface area contributed by atoms with Crippen LogP contribution < -0.4 is 9.80 Å². The van der Waals surface area contributed by atoms with E-state index in [0.29, 0.717) is 0 Å². The molecule has 82 heavy (non-hydrogen) atoms. The third kappa shape index (κ3) is 7.88. The normalized spacial score (nSPS) is 13.9. The van der Waals surface area contributed by atoms with Gasteiger partial charge in [0.1, 0.15) is 0 Å². The van der Waals surface area contributed by atoms with Gasteiger partial charge in [0.2, 0.25) is 0 Å². The SMILES string of the molecule is CC(C)(C)c1ccc(N(c2ccc(C(C)(C)C)cc2)c2ccc3c4c(c5ccccc5c3c2)-c2c(cc(N(c3ccc(C(C)(C)C)cc3)c3ccc(C(C)(C)C)cc3)c3c2-c2ccccc2C3)C42c3ccccc3-c3ccccc32)cc1. The van der Waals surface area contributed by atoms with Gasteiger partial charge in [-0.05, 0) is 199 Å². The molecule has 0 bridgehead atoms. The molecule has 3 aliphatic rings. The molecule has 1 spiro atoms. The highest BCUT2D eigenvalue weighted by Crippen LogP contribution is 2.69. The number of anilines is 6. The second-order valence-corrected chi connectivity index (χ2v) is 27.7. The van der Waals surface area contributed by atoms with Crippen molar-refractivity contribution >= 4 is 55.7 Å². The van der Waals surface area contributed by atoms with Crippen LogP contribution in [-0.4, -0.2) is 0 Å². The Morgan fingerprint density at radius 1 is 0.305 bits per heavy atom. The molecule has 0 unspecified atom stereocenters. The molecule has 0 aromatic heterocycles. The molecular weight excluding hydrogens is 989 g/mol. The van der Waals surface area contributed by atoms with E-state index in [1.54, 1.807) is 0 Å². The number of nitrogens with zero attached hydrogens (tertiary/aromatic N) is 2. The highest BCUT2D eigenvalue weighted by atomic mass is 15.1. The molecule has 404 valence electrons. The average molecular weight is 1060 g/mol. The van der Waals surface area contributed by atoms with Crippen molar-refractivity contribution in [2.45, 2.75) is 117 Å². The van der Waals surface area contributed by atoms with Crippen molar-refractivity contribution < 1.29 is 0 Å². The van der Waals surface area contributed by atoms with Gasteiger partial charge in [-0.25, -0.2) is 0 Å². The van der Waals surface area contributed by atoms with Crippen LogP contribution in [0, 0.1) is 0 Å². The molecule has 0 atom stereocenters. The Balaban J connectivity index is 1.10. The molecule has 2 heteroatoms. The van der Waals surface area contributed by atoms with Crippen LogP contribution in [0.4, 0.5) is 34.1 Å². The van der Waals surface area contributed by atoms with Crippen LogP contribution in [0.25, 0.3) is 54.9 Å². The number of rotatable bonds is 6. The van der Waals surface area contributed by atoms with Gasteiger partial charge in [-0.1, -0.05) is 235 Å². The summed E-state index contributed by atoms with van der Waals surface area (Å²) in [4.78, 5) is 5.06. The van der Waals surface area contributed by atoms with Crippen LogP contribution in [0.2, 0.25) is 0 Å². The van der Waals surface area contributed by atoms with Crippen molar-refractivity contribution in [2.75, 3.05) is 9.80 Å². The summed E-state index contributed by atoms with van der Waals surface area (Å²) in [7, 11) is 0. The van der Waals surface area contributed by atoms with Crippen molar-refractivity contribution in [3.05, 3.63) is 274 Å². The number of fused-ring (bicyclic) bond motifs is 19. The van der Waals surface area contributed by atoms with Gasteiger partial charge in [-0.15, -0.1) is 0 Å². The lowest BCUT2D eigenvalue weighted by atomic mass is 9.68. The molecule has 0 aliphatic heterocycles. The molecule has 0 saturated carbocycles. The van der Waals surface area contributed by atoms with Crippen molar-refractivity contribution in [3.63, 3.8) is 0 Å². The van der Waals surface area contributed by atoms with Crippen LogP contribution in [0.15, 0.2) is 218 Å². The van der Waals surface area contributed by atoms with E-state index in [-0.39, 0.29) is 21.7 Å². The summed E-state index contributed by atoms with van der Waals surface area (Å²) in [5.74, 6) is 0. The van der Waals surface area contributed by atoms with Crippen LogP contribution in [0.5, 0.6) is 0 Å². The first kappa shape index (κ1) is 51.7. The molecule has 0 N–H and O–H groups in total. The van der Waals surface area contributed by atoms with E-state index in [4.69, 9.17) is 0 Å². The minimum absolute atomic E-state index is 0.00951. The summed E-state index contributed by atoms with van der Waals surface area (Å²) in [6.07, 6.45) is 0.832. The zero-order valence-electron chi connectivity index (χ0n) is 49.9. The fourth-order valence-corrected chi connectivity index (χ4v) is 14.3. The maximum atomic E-state index is 2.66. The predicted molar refractivity (Wildman–Crippen MR) is 350 cm³/mol. The highest BCUT2D eigenvalue weighted by Gasteiger charge is 2.55. The molecule has 0 radical (unpaired) electrons. The second-order valence-electron chi connectivity index (χ2n) is 27.7. The van der Waals surface area contributed by atoms with Crippen molar-refractivity contribution in [3.8, 4) is 33.4 Å². The lowest BCUT2D eigenvalue weighted by Gasteiger charge is -2.34. The molecule has 0 saturated heterocycles. The molecule has 11 aromatic carbocycles. The maximum Gasteiger partial charge on any atom is 0.0732 e. The zero-order chi connectivity index (χ0) is 56.8. The Bertz CT molecular complexity index is 4190. The van der Waals surface area contributed by atoms with Crippen molar-refractivity contribution in [2.24, 2.45) is 0 Å². The molecule has 2 nitrogen and oxygen atoms in total. The Morgan fingerprint density at radius 3 is 1.18 bits per heavy atom. The van der Waals surface area contributed by atoms with Crippen LogP contribution in [0.1, 0.15) is 139 Å². The summed E-state index contributed by atoms with van der Waals surface area (Å²) >= 11 is 0. The van der Waals surface area contributed by atoms with Gasteiger partial charge in [0.25, 0.3) is 0 Å². The van der Waals surface area contributed by atoms with Crippen LogP contribution >= 0.6 is 0 Å². The lowest BCUT2D eigenvalue weighted by Crippen LogP contribution is -2.27. The van der Waals surface area contributed by atoms with Crippen molar-refractivity contribution in [1.29, 1.82) is 0 Å². The van der Waals surface area contributed by atoms with E-state index >= 15 is 0 Å². The third-order valence-corrected chi connectivity index (χ3v) is 18.5. The Labute approximate surface area is 486 Å². The Hall–Kier alpha value is -8.46. The van der Waals surface area contributed by atoms with E-state index in [1.807, 2.05) is 0 Å². The first-order valence-corrected chi connectivity index (χ1v) is 29.7. The predicted octanol–water partition coefficient (Wildman–Crippen LogP) is 22.0. The summed E-state index contributed by atoms with van der Waals surface area (Å²) in [6.45, 7) is 27.6. The van der Waals surface area contributed by atoms with E-state index in [2.05, 4.69) is 311 Å². The van der Waals surface area contributed by atoms with Crippen LogP contribution in [0.3, 0.4) is 0 Å². The van der Waals surface area contributed by atoms with E-state index < -0.39 is 5.41 Å². The van der Waals surface area contributed by atoms with Gasteiger partial charge < -0.3 is 9.80 Å². The zero-order valence-corrected chi connectivity index (χ0v) is 49.9. The molecule has 0 fully saturated rings. The molecule has 0 amide bonds. The minimum Gasteiger partial charge on any atom is -0.310 e. The third-order valence-electron chi connectivity index (χ3n) is 18.5. The second kappa shape index (κ2) is 18.3. The van der Waals surface area contributed by atoms with Gasteiger partial charge in [0.15, 0.2) is 0 Å². The van der Waals surface area contributed by atoms with Gasteiger partial charge in [0, 0.05) is 34.9 Å². The standard InChI is InChI=1S/C80H74N2/c1-76(2,3)51-29-37-55(38-30-51)81(56-39-31-52(32-40-56)77(4,5)6)59-45-46-65-66(48-59)61-23-15-16-26-64(61)73-74-70(80(75(65)73)68-27-19-17-24-62(68)63-25-18-20-28-69(63)80)49-71(67-47-50-21-13-14-22-60(50)72(67)74)82(57-41-33-53(34-42-57)78(7,8)9)58-43-35-54(36-44-58)79(10,11)12/h13-46,48-49H,47H2,1-12H3. The molecule has 14 rings (SSSR count). The fourth-order valence-electron chi connectivity index (χ4n) is 14.3.